The number of hydrogen-bond acceptors (Lipinski definition) is 5. The van der Waals surface area contributed by atoms with Gasteiger partial charge in [-0.15, -0.1) is 0 Å². The number of carbonyl (C=O) groups is 1. The minimum atomic E-state index is -0.509. The molecule has 0 unspecified atom stereocenters. The number of ether oxygens (including phenoxy) is 2. The summed E-state index contributed by atoms with van der Waals surface area (Å²) in [7, 11) is 1.65. The Morgan fingerprint density at radius 3 is 2.94 bits per heavy atom. The second kappa shape index (κ2) is 8.15. The molecule has 0 bridgehead atoms. The summed E-state index contributed by atoms with van der Waals surface area (Å²) in [6.07, 6.45) is 4.74. The third-order valence-electron chi connectivity index (χ3n) is 7.47. The number of carbonyl (C=O) groups excluding carboxylic acids is 1. The Hall–Kier alpha value is -3.35. The fourth-order valence-electron chi connectivity index (χ4n) is 5.86. The van der Waals surface area contributed by atoms with Crippen LogP contribution < -0.4 is 14.8 Å². The number of benzene rings is 3. The molecule has 0 aromatic heterocycles. The van der Waals surface area contributed by atoms with Gasteiger partial charge in [-0.05, 0) is 29.5 Å². The second-order valence-corrected chi connectivity index (χ2v) is 9.48. The quantitative estimate of drug-likeness (QED) is 0.581. The first-order valence-electron chi connectivity index (χ1n) is 11.8. The molecule has 2 N–H and O–H groups in total. The Morgan fingerprint density at radius 2 is 2.06 bits per heavy atom. The number of nitrogens with zero attached hydrogens (tertiary/aromatic N) is 1. The normalized spacial score (nSPS) is 25.2. The van der Waals surface area contributed by atoms with Crippen molar-refractivity contribution >= 4 is 22.4 Å². The van der Waals surface area contributed by atoms with Crippen LogP contribution in [0, 0.1) is 0 Å². The third-order valence-corrected chi connectivity index (χ3v) is 7.47. The van der Waals surface area contributed by atoms with E-state index in [1.165, 1.54) is 0 Å². The molecule has 1 aliphatic carbocycles. The molecular formula is C28H28N2O4. The Kier molecular flexibility index (Phi) is 5.08. The van der Waals surface area contributed by atoms with E-state index in [4.69, 9.17) is 9.47 Å². The van der Waals surface area contributed by atoms with Crippen molar-refractivity contribution < 1.29 is 19.4 Å². The van der Waals surface area contributed by atoms with Crippen molar-refractivity contribution in [2.24, 2.45) is 0 Å². The van der Waals surface area contributed by atoms with E-state index in [0.29, 0.717) is 19.5 Å². The molecule has 6 rings (SSSR count). The van der Waals surface area contributed by atoms with Crippen molar-refractivity contribution in [1.82, 2.24) is 4.90 Å². The molecule has 0 saturated carbocycles. The predicted octanol–water partition coefficient (Wildman–Crippen LogP) is 4.01. The average Bonchev–Trinajstić information content (AvgIpc) is 3.09. The van der Waals surface area contributed by atoms with Crippen LogP contribution >= 0.6 is 0 Å². The maximum absolute atomic E-state index is 13.1. The maximum Gasteiger partial charge on any atom is 0.238 e. The standard InChI is InChI=1S/C28H28N2O4/c1-33-23-10-9-19-16-30(14-13-28-12-11-20(31)15-24(28)34-27(23)26(19)28)17-25(32)29-22-8-4-6-18-5-2-3-7-21(18)22/h2-12,20,24,31H,13-17H2,1H3,(H,29,32)/t20-,24-,28-/m0/s1. The van der Waals surface area contributed by atoms with Crippen molar-refractivity contribution in [3.8, 4) is 11.5 Å². The Bertz CT molecular complexity index is 1300. The largest absolute Gasteiger partial charge is 0.493 e. The van der Waals surface area contributed by atoms with Gasteiger partial charge in [-0.3, -0.25) is 9.69 Å². The first kappa shape index (κ1) is 21.2. The SMILES string of the molecule is COc1ccc2c3c1O[C@H]1C[C@@H](O)C=C[C@@]31CCN(CC(=O)Nc1cccc3ccccc13)C2. The van der Waals surface area contributed by atoms with Crippen LogP contribution in [-0.4, -0.2) is 48.3 Å². The van der Waals surface area contributed by atoms with E-state index in [1.807, 2.05) is 54.6 Å². The van der Waals surface area contributed by atoms with Crippen LogP contribution in [0.2, 0.25) is 0 Å². The lowest BCUT2D eigenvalue weighted by Gasteiger charge is -2.35. The molecule has 0 fully saturated rings. The third kappa shape index (κ3) is 3.37. The highest BCUT2D eigenvalue weighted by atomic mass is 16.5. The average molecular weight is 457 g/mol. The van der Waals surface area contributed by atoms with Crippen LogP contribution in [0.3, 0.4) is 0 Å². The second-order valence-electron chi connectivity index (χ2n) is 9.48. The Morgan fingerprint density at radius 1 is 1.21 bits per heavy atom. The number of fused-ring (bicyclic) bond motifs is 1. The Balaban J connectivity index is 1.28. The minimum Gasteiger partial charge on any atom is -0.493 e. The molecule has 1 spiro atoms. The van der Waals surface area contributed by atoms with Gasteiger partial charge in [-0.25, -0.2) is 0 Å². The summed E-state index contributed by atoms with van der Waals surface area (Å²) in [6, 6.07) is 18.1. The van der Waals surface area contributed by atoms with Gasteiger partial charge in [0.25, 0.3) is 0 Å². The van der Waals surface area contributed by atoms with Gasteiger partial charge in [-0.1, -0.05) is 54.6 Å². The van der Waals surface area contributed by atoms with Gasteiger partial charge in [0, 0.05) is 36.1 Å². The van der Waals surface area contributed by atoms with E-state index in [0.717, 1.165) is 52.1 Å². The molecule has 6 heteroatoms. The molecule has 3 aliphatic rings. The summed E-state index contributed by atoms with van der Waals surface area (Å²) >= 11 is 0. The fraction of sp³-hybridized carbons (Fsp3) is 0.321. The molecular weight excluding hydrogens is 428 g/mol. The van der Waals surface area contributed by atoms with Crippen LogP contribution in [0.1, 0.15) is 24.0 Å². The topological polar surface area (TPSA) is 71.0 Å². The lowest BCUT2D eigenvalue weighted by Crippen LogP contribution is -2.43. The highest BCUT2D eigenvalue weighted by Gasteiger charge is 2.52. The number of aliphatic hydroxyl groups is 1. The molecule has 1 amide bonds. The summed E-state index contributed by atoms with van der Waals surface area (Å²) in [6.45, 7) is 1.71. The number of nitrogens with one attached hydrogen (secondary N) is 1. The molecule has 0 radical (unpaired) electrons. The van der Waals surface area contributed by atoms with Gasteiger partial charge >= 0.3 is 0 Å². The monoisotopic (exact) mass is 456 g/mol. The number of anilines is 1. The summed E-state index contributed by atoms with van der Waals surface area (Å²) in [4.78, 5) is 15.3. The zero-order chi connectivity index (χ0) is 23.3. The summed E-state index contributed by atoms with van der Waals surface area (Å²) in [5.41, 5.74) is 2.83. The van der Waals surface area contributed by atoms with Crippen LogP contribution in [0.5, 0.6) is 11.5 Å². The Labute approximate surface area is 198 Å². The van der Waals surface area contributed by atoms with Gasteiger partial charge in [-0.2, -0.15) is 0 Å². The van der Waals surface area contributed by atoms with Crippen LogP contribution in [0.15, 0.2) is 66.7 Å². The van der Waals surface area contributed by atoms with E-state index in [9.17, 15) is 9.90 Å². The van der Waals surface area contributed by atoms with E-state index in [2.05, 4.69) is 22.4 Å². The van der Waals surface area contributed by atoms with Crippen LogP contribution in [-0.2, 0) is 16.8 Å². The molecule has 174 valence electrons. The summed E-state index contributed by atoms with van der Waals surface area (Å²) in [5.74, 6) is 1.48. The maximum atomic E-state index is 13.1. The van der Waals surface area contributed by atoms with Crippen molar-refractivity contribution in [2.45, 2.75) is 37.0 Å². The summed E-state index contributed by atoms with van der Waals surface area (Å²) in [5, 5.41) is 15.5. The number of rotatable bonds is 4. The van der Waals surface area contributed by atoms with Crippen molar-refractivity contribution in [3.05, 3.63) is 77.9 Å². The fourth-order valence-corrected chi connectivity index (χ4v) is 5.86. The smallest absolute Gasteiger partial charge is 0.238 e. The number of aliphatic hydroxyl groups excluding tert-OH is 1. The highest BCUT2D eigenvalue weighted by Crippen LogP contribution is 2.55. The van der Waals surface area contributed by atoms with Crippen molar-refractivity contribution in [1.29, 1.82) is 0 Å². The van der Waals surface area contributed by atoms with Crippen LogP contribution in [0.4, 0.5) is 5.69 Å². The molecule has 2 aliphatic heterocycles. The highest BCUT2D eigenvalue weighted by molar-refractivity contribution is 6.02. The molecule has 0 saturated heterocycles. The molecule has 34 heavy (non-hydrogen) atoms. The first-order valence-corrected chi connectivity index (χ1v) is 11.8. The number of methoxy groups -OCH3 is 1. The number of hydrogen-bond donors (Lipinski definition) is 2. The lowest BCUT2D eigenvalue weighted by atomic mass is 9.69. The molecule has 6 nitrogen and oxygen atoms in total. The van der Waals surface area contributed by atoms with Gasteiger partial charge in [0.2, 0.25) is 5.91 Å². The van der Waals surface area contributed by atoms with Gasteiger partial charge < -0.3 is 19.9 Å². The van der Waals surface area contributed by atoms with E-state index in [-0.39, 0.29) is 17.4 Å². The van der Waals surface area contributed by atoms with Crippen LogP contribution in [0.25, 0.3) is 10.8 Å². The first-order chi connectivity index (χ1) is 16.6. The molecule has 2 heterocycles. The molecule has 3 aromatic rings. The van der Waals surface area contributed by atoms with Gasteiger partial charge in [0.15, 0.2) is 11.5 Å². The summed E-state index contributed by atoms with van der Waals surface area (Å²) < 4.78 is 12.0. The number of amides is 1. The van der Waals surface area contributed by atoms with Gasteiger partial charge in [0.05, 0.1) is 25.2 Å². The van der Waals surface area contributed by atoms with E-state index >= 15 is 0 Å². The molecule has 3 atom stereocenters. The molecule has 3 aromatic carbocycles. The van der Waals surface area contributed by atoms with Crippen molar-refractivity contribution in [2.75, 3.05) is 25.5 Å². The predicted molar refractivity (Wildman–Crippen MR) is 131 cm³/mol. The lowest BCUT2D eigenvalue weighted by molar-refractivity contribution is -0.117. The van der Waals surface area contributed by atoms with E-state index < -0.39 is 6.10 Å². The zero-order valence-electron chi connectivity index (χ0n) is 19.2. The van der Waals surface area contributed by atoms with Crippen molar-refractivity contribution in [3.63, 3.8) is 0 Å². The zero-order valence-corrected chi connectivity index (χ0v) is 19.2. The van der Waals surface area contributed by atoms with Gasteiger partial charge in [0.1, 0.15) is 6.10 Å². The minimum absolute atomic E-state index is 0.0259. The van der Waals surface area contributed by atoms with E-state index in [1.54, 1.807) is 7.11 Å².